The number of carbonyl (C=O) groups is 2. The number of rotatable bonds is 5. The van der Waals surface area contributed by atoms with Crippen LogP contribution in [0.3, 0.4) is 0 Å². The highest BCUT2D eigenvalue weighted by Gasteiger charge is 2.45. The highest BCUT2D eigenvalue weighted by molar-refractivity contribution is 7.10. The number of hydrogen-bond acceptors (Lipinski definition) is 7. The van der Waals surface area contributed by atoms with Crippen LogP contribution in [0.1, 0.15) is 42.0 Å². The molecule has 0 fully saturated rings. The number of esters is 1. The van der Waals surface area contributed by atoms with Gasteiger partial charge in [0.15, 0.2) is 5.78 Å². The Morgan fingerprint density at radius 2 is 1.94 bits per heavy atom. The molecule has 0 saturated carbocycles. The molecular formula is C24H25NO5S. The minimum atomic E-state index is -0.702. The van der Waals surface area contributed by atoms with Crippen LogP contribution in [0.15, 0.2) is 52.0 Å². The standard InChI is InChI=1S/C24H25NO5S/c1-13-21(24(27)30-4)22(16-12-15(28-2)7-8-19(16)29-3)23-17(25-13)10-14(11-18(23)26)20-6-5-9-31-20/h5-9,12,14,21-22H,10-11H2,1-4H3/t14-,21?,22-/m0/s1. The van der Waals surface area contributed by atoms with Crippen molar-refractivity contribution in [2.75, 3.05) is 21.3 Å². The number of allylic oxidation sites excluding steroid dienone is 2. The van der Waals surface area contributed by atoms with Crippen molar-refractivity contribution in [3.8, 4) is 11.5 Å². The van der Waals surface area contributed by atoms with Gasteiger partial charge < -0.3 is 14.2 Å². The number of aliphatic imine (C=N–C) groups is 1. The van der Waals surface area contributed by atoms with Crippen molar-refractivity contribution in [1.29, 1.82) is 0 Å². The maximum Gasteiger partial charge on any atom is 0.315 e. The number of benzene rings is 1. The zero-order chi connectivity index (χ0) is 22.1. The molecule has 162 valence electrons. The molecule has 1 aromatic carbocycles. The van der Waals surface area contributed by atoms with E-state index in [1.54, 1.807) is 37.7 Å². The molecule has 0 N–H and O–H groups in total. The number of nitrogens with zero attached hydrogens (tertiary/aromatic N) is 1. The first-order valence-corrected chi connectivity index (χ1v) is 11.0. The first-order chi connectivity index (χ1) is 15.0. The van der Waals surface area contributed by atoms with E-state index in [-0.39, 0.29) is 11.7 Å². The topological polar surface area (TPSA) is 74.2 Å². The fraction of sp³-hybridized carbons (Fsp3) is 0.375. The molecule has 4 rings (SSSR count). The van der Waals surface area contributed by atoms with Gasteiger partial charge in [-0.1, -0.05) is 6.07 Å². The molecule has 1 unspecified atom stereocenters. The van der Waals surface area contributed by atoms with E-state index in [4.69, 9.17) is 19.2 Å². The van der Waals surface area contributed by atoms with Crippen LogP contribution in [0.4, 0.5) is 0 Å². The quantitative estimate of drug-likeness (QED) is 0.641. The lowest BCUT2D eigenvalue weighted by atomic mass is 9.69. The molecule has 0 saturated heterocycles. The monoisotopic (exact) mass is 439 g/mol. The lowest BCUT2D eigenvalue weighted by Gasteiger charge is -2.36. The van der Waals surface area contributed by atoms with Crippen LogP contribution < -0.4 is 9.47 Å². The lowest BCUT2D eigenvalue weighted by molar-refractivity contribution is -0.143. The van der Waals surface area contributed by atoms with Crippen LogP contribution in [-0.2, 0) is 14.3 Å². The molecule has 0 spiro atoms. The molecule has 6 nitrogen and oxygen atoms in total. The van der Waals surface area contributed by atoms with Crippen molar-refractivity contribution in [2.24, 2.45) is 10.9 Å². The second kappa shape index (κ2) is 8.67. The lowest BCUT2D eigenvalue weighted by Crippen LogP contribution is -2.37. The number of ether oxygens (including phenoxy) is 3. The summed E-state index contributed by atoms with van der Waals surface area (Å²) in [5.41, 5.74) is 2.70. The third kappa shape index (κ3) is 3.78. The number of Topliss-reactive ketones (excluding diaryl/α,β-unsaturated/α-hetero) is 1. The SMILES string of the molecule is COC(=O)C1C(C)=NC2=C(C(=O)C[C@@H](c3cccs3)C2)[C@H]1c1cc(OC)ccc1OC. The number of ketones is 1. The fourth-order valence-electron chi connectivity index (χ4n) is 4.64. The summed E-state index contributed by atoms with van der Waals surface area (Å²) in [5.74, 6) is -0.328. The summed E-state index contributed by atoms with van der Waals surface area (Å²) >= 11 is 1.65. The van der Waals surface area contributed by atoms with E-state index in [9.17, 15) is 9.59 Å². The minimum absolute atomic E-state index is 0.0136. The van der Waals surface area contributed by atoms with E-state index >= 15 is 0 Å². The van der Waals surface area contributed by atoms with Gasteiger partial charge in [-0.25, -0.2) is 0 Å². The Balaban J connectivity index is 1.89. The van der Waals surface area contributed by atoms with Gasteiger partial charge >= 0.3 is 5.97 Å². The van der Waals surface area contributed by atoms with Crippen LogP contribution in [0.25, 0.3) is 0 Å². The van der Waals surface area contributed by atoms with Gasteiger partial charge in [-0.3, -0.25) is 14.6 Å². The molecule has 2 heterocycles. The number of thiophene rings is 1. The summed E-state index contributed by atoms with van der Waals surface area (Å²) in [6, 6.07) is 9.49. The third-order valence-corrected chi connectivity index (χ3v) is 7.10. The zero-order valence-electron chi connectivity index (χ0n) is 18.0. The van der Waals surface area contributed by atoms with Gasteiger partial charge in [0.25, 0.3) is 0 Å². The first kappa shape index (κ1) is 21.3. The Morgan fingerprint density at radius 1 is 1.13 bits per heavy atom. The Morgan fingerprint density at radius 3 is 2.58 bits per heavy atom. The summed E-state index contributed by atoms with van der Waals surface area (Å²) in [6.45, 7) is 1.82. The molecule has 7 heteroatoms. The van der Waals surface area contributed by atoms with Crippen molar-refractivity contribution in [1.82, 2.24) is 0 Å². The molecule has 0 bridgehead atoms. The number of methoxy groups -OCH3 is 3. The second-order valence-corrected chi connectivity index (χ2v) is 8.72. The van der Waals surface area contributed by atoms with E-state index in [0.29, 0.717) is 35.6 Å². The Kier molecular flexibility index (Phi) is 5.96. The molecule has 1 aliphatic heterocycles. The average molecular weight is 440 g/mol. The predicted octanol–water partition coefficient (Wildman–Crippen LogP) is 4.51. The van der Waals surface area contributed by atoms with Gasteiger partial charge in [0.05, 0.1) is 21.3 Å². The zero-order valence-corrected chi connectivity index (χ0v) is 18.8. The third-order valence-electron chi connectivity index (χ3n) is 6.06. The number of carbonyl (C=O) groups excluding carboxylic acids is 2. The molecule has 2 aromatic rings. The fourth-order valence-corrected chi connectivity index (χ4v) is 5.47. The molecular weight excluding hydrogens is 414 g/mol. The maximum atomic E-state index is 13.5. The summed E-state index contributed by atoms with van der Waals surface area (Å²) in [7, 11) is 4.51. The van der Waals surface area contributed by atoms with E-state index in [1.807, 2.05) is 24.4 Å². The van der Waals surface area contributed by atoms with E-state index < -0.39 is 17.8 Å². The van der Waals surface area contributed by atoms with E-state index in [1.165, 1.54) is 12.0 Å². The van der Waals surface area contributed by atoms with Crippen LogP contribution in [0.5, 0.6) is 11.5 Å². The van der Waals surface area contributed by atoms with Crippen LogP contribution >= 0.6 is 11.3 Å². The largest absolute Gasteiger partial charge is 0.497 e. The van der Waals surface area contributed by atoms with Crippen molar-refractivity contribution >= 4 is 28.8 Å². The van der Waals surface area contributed by atoms with Crippen LogP contribution in [0.2, 0.25) is 0 Å². The van der Waals surface area contributed by atoms with Crippen molar-refractivity contribution in [3.05, 3.63) is 57.4 Å². The number of hydrogen-bond donors (Lipinski definition) is 0. The van der Waals surface area contributed by atoms with Crippen molar-refractivity contribution in [3.63, 3.8) is 0 Å². The molecule has 3 atom stereocenters. The molecule has 2 aliphatic rings. The molecule has 31 heavy (non-hydrogen) atoms. The van der Waals surface area contributed by atoms with Crippen molar-refractivity contribution < 1.29 is 23.8 Å². The Bertz CT molecular complexity index is 1070. The van der Waals surface area contributed by atoms with Gasteiger partial charge in [0.2, 0.25) is 0 Å². The highest BCUT2D eigenvalue weighted by atomic mass is 32.1. The normalized spacial score (nSPS) is 23.2. The van der Waals surface area contributed by atoms with E-state index in [2.05, 4.69) is 6.07 Å². The Hall–Kier alpha value is -2.93. The second-order valence-electron chi connectivity index (χ2n) is 7.74. The van der Waals surface area contributed by atoms with Gasteiger partial charge in [-0.05, 0) is 43.0 Å². The summed E-state index contributed by atoms with van der Waals surface area (Å²) in [4.78, 5) is 32.3. The van der Waals surface area contributed by atoms with Gasteiger partial charge in [0, 0.05) is 45.7 Å². The van der Waals surface area contributed by atoms with Gasteiger partial charge in [-0.2, -0.15) is 0 Å². The van der Waals surface area contributed by atoms with Crippen LogP contribution in [-0.4, -0.2) is 38.8 Å². The highest BCUT2D eigenvalue weighted by Crippen LogP contribution is 2.49. The van der Waals surface area contributed by atoms with Gasteiger partial charge in [0.1, 0.15) is 17.4 Å². The summed E-state index contributed by atoms with van der Waals surface area (Å²) < 4.78 is 16.1. The molecule has 0 amide bonds. The van der Waals surface area contributed by atoms with Crippen molar-refractivity contribution in [2.45, 2.75) is 31.6 Å². The average Bonchev–Trinajstić information content (AvgIpc) is 3.32. The molecule has 1 aliphatic carbocycles. The minimum Gasteiger partial charge on any atom is -0.497 e. The summed E-state index contributed by atoms with van der Waals surface area (Å²) in [5, 5.41) is 2.02. The first-order valence-electron chi connectivity index (χ1n) is 10.1. The van der Waals surface area contributed by atoms with Gasteiger partial charge in [-0.15, -0.1) is 11.3 Å². The summed E-state index contributed by atoms with van der Waals surface area (Å²) in [6.07, 6.45) is 1.06. The van der Waals surface area contributed by atoms with Crippen LogP contribution in [0, 0.1) is 5.92 Å². The predicted molar refractivity (Wildman–Crippen MR) is 119 cm³/mol. The molecule has 1 aromatic heterocycles. The maximum absolute atomic E-state index is 13.5. The molecule has 0 radical (unpaired) electrons. The van der Waals surface area contributed by atoms with E-state index in [0.717, 1.165) is 11.3 Å². The smallest absolute Gasteiger partial charge is 0.315 e. The Labute approximate surface area is 185 Å².